The molecule has 0 bridgehead atoms. The molecule has 2 aromatic heterocycles. The summed E-state index contributed by atoms with van der Waals surface area (Å²) in [6.45, 7) is 4.41. The van der Waals surface area contributed by atoms with Gasteiger partial charge in [-0.3, -0.25) is 9.52 Å². The number of benzene rings is 1. The van der Waals surface area contributed by atoms with Crippen LogP contribution >= 0.6 is 34.5 Å². The summed E-state index contributed by atoms with van der Waals surface area (Å²) >= 11 is 14.0. The van der Waals surface area contributed by atoms with Gasteiger partial charge in [-0.2, -0.15) is 0 Å². The maximum absolute atomic E-state index is 13.1. The number of thiophene rings is 1. The van der Waals surface area contributed by atoms with E-state index in [-0.39, 0.29) is 27.2 Å². The third-order valence-electron chi connectivity index (χ3n) is 4.94. The summed E-state index contributed by atoms with van der Waals surface area (Å²) in [7, 11) is -3.58. The lowest BCUT2D eigenvalue weighted by Gasteiger charge is -2.27. The van der Waals surface area contributed by atoms with Gasteiger partial charge in [-0.15, -0.1) is 11.3 Å². The van der Waals surface area contributed by atoms with Crippen LogP contribution in [0.5, 0.6) is 0 Å². The fourth-order valence-corrected chi connectivity index (χ4v) is 5.98. The van der Waals surface area contributed by atoms with Crippen LogP contribution in [0, 0.1) is 0 Å². The van der Waals surface area contributed by atoms with Gasteiger partial charge in [-0.25, -0.2) is 23.4 Å². The molecular weight excluding hydrogens is 523 g/mol. The van der Waals surface area contributed by atoms with Crippen molar-refractivity contribution in [3.05, 3.63) is 39.4 Å². The smallest absolute Gasteiger partial charge is 0.258 e. The Morgan fingerprint density at radius 3 is 2.74 bits per heavy atom. The van der Waals surface area contributed by atoms with Crippen LogP contribution in [0.1, 0.15) is 23.7 Å². The molecule has 1 saturated heterocycles. The number of carbonyl (C=O) groups is 1. The Morgan fingerprint density at radius 2 is 2.00 bits per heavy atom. The Bertz CT molecular complexity index is 1310. The first-order chi connectivity index (χ1) is 16.3. The monoisotopic (exact) mass is 544 g/mol. The van der Waals surface area contributed by atoms with E-state index in [2.05, 4.69) is 25.4 Å². The van der Waals surface area contributed by atoms with E-state index < -0.39 is 15.9 Å². The van der Waals surface area contributed by atoms with Crippen LogP contribution in [0.15, 0.2) is 23.8 Å². The van der Waals surface area contributed by atoms with Crippen molar-refractivity contribution in [2.75, 3.05) is 47.5 Å². The molecule has 0 spiro atoms. The van der Waals surface area contributed by atoms with Crippen LogP contribution in [0.25, 0.3) is 10.2 Å². The number of hydrogen-bond donors (Lipinski definition) is 3. The number of carbonyl (C=O) groups excluding carboxylic acids is 1. The van der Waals surface area contributed by atoms with Crippen LogP contribution < -0.4 is 15.5 Å². The van der Waals surface area contributed by atoms with Gasteiger partial charge in [0.05, 0.1) is 56.2 Å². The topological polar surface area (TPSA) is 126 Å². The summed E-state index contributed by atoms with van der Waals surface area (Å²) in [5.41, 5.74) is 4.28. The molecule has 10 nitrogen and oxygen atoms in total. The summed E-state index contributed by atoms with van der Waals surface area (Å²) in [5.74, 6) is 0.0497. The Kier molecular flexibility index (Phi) is 7.75. The van der Waals surface area contributed by atoms with Crippen molar-refractivity contribution < 1.29 is 17.9 Å². The average Bonchev–Trinajstić information content (AvgIpc) is 3.24. The number of rotatable bonds is 8. The zero-order chi connectivity index (χ0) is 24.3. The normalized spacial score (nSPS) is 14.8. The molecule has 14 heteroatoms. The molecule has 0 unspecified atom stereocenters. The van der Waals surface area contributed by atoms with Crippen molar-refractivity contribution in [2.24, 2.45) is 0 Å². The second-order valence-electron chi connectivity index (χ2n) is 7.42. The molecule has 1 aromatic carbocycles. The van der Waals surface area contributed by atoms with Gasteiger partial charge >= 0.3 is 0 Å². The van der Waals surface area contributed by atoms with E-state index in [4.69, 9.17) is 27.9 Å². The minimum absolute atomic E-state index is 0.00985. The van der Waals surface area contributed by atoms with E-state index in [1.807, 2.05) is 5.01 Å². The number of hydrazine groups is 1. The molecule has 3 aromatic rings. The van der Waals surface area contributed by atoms with Crippen molar-refractivity contribution in [3.8, 4) is 0 Å². The minimum atomic E-state index is -3.58. The van der Waals surface area contributed by atoms with Crippen molar-refractivity contribution >= 4 is 77.9 Å². The van der Waals surface area contributed by atoms with Crippen molar-refractivity contribution in [3.63, 3.8) is 0 Å². The van der Waals surface area contributed by atoms with Gasteiger partial charge in [0.1, 0.15) is 6.33 Å². The minimum Gasteiger partial charge on any atom is -0.379 e. The van der Waals surface area contributed by atoms with Crippen molar-refractivity contribution in [1.82, 2.24) is 15.0 Å². The summed E-state index contributed by atoms with van der Waals surface area (Å²) in [5, 5.41) is 6.52. The Hall–Kier alpha value is -2.22. The fourth-order valence-electron chi connectivity index (χ4n) is 3.33. The number of aromatic nitrogens is 2. The highest BCUT2D eigenvalue weighted by atomic mass is 35.5. The molecule has 4 rings (SSSR count). The molecule has 0 saturated carbocycles. The van der Waals surface area contributed by atoms with Gasteiger partial charge in [0.2, 0.25) is 10.0 Å². The second-order valence-corrected chi connectivity index (χ2v) is 10.9. The first kappa shape index (κ1) is 24.9. The number of ether oxygens (including phenoxy) is 1. The Balaban J connectivity index is 1.59. The van der Waals surface area contributed by atoms with Gasteiger partial charge in [0.15, 0.2) is 5.82 Å². The Morgan fingerprint density at radius 1 is 1.24 bits per heavy atom. The lowest BCUT2D eigenvalue weighted by atomic mass is 10.2. The number of anilines is 3. The van der Waals surface area contributed by atoms with Gasteiger partial charge in [-0.05, 0) is 18.6 Å². The maximum Gasteiger partial charge on any atom is 0.258 e. The number of hydrogen-bond acceptors (Lipinski definition) is 9. The largest absolute Gasteiger partial charge is 0.379 e. The molecule has 1 aliphatic heterocycles. The van der Waals surface area contributed by atoms with Crippen molar-refractivity contribution in [2.45, 2.75) is 13.3 Å². The van der Waals surface area contributed by atoms with E-state index in [0.717, 1.165) is 4.70 Å². The molecule has 0 atom stereocenters. The second kappa shape index (κ2) is 10.6. The third-order valence-corrected chi connectivity index (χ3v) is 8.10. The zero-order valence-corrected chi connectivity index (χ0v) is 21.2. The highest BCUT2D eigenvalue weighted by Gasteiger charge is 2.22. The molecule has 3 N–H and O–H groups in total. The summed E-state index contributed by atoms with van der Waals surface area (Å²) in [6.07, 6.45) is 1.83. The number of amides is 1. The standard InChI is InChI=1S/C20H22Cl2N6O4S2/c1-2-9-34(30,31)27-14-4-3-13(21)17(15(14)22)25-20(29)12-10-33-18-16(12)23-11-24-19(18)26-28-5-7-32-8-6-28/h3-4,10-11,27H,2,5-9H2,1H3,(H,25,29)(H,23,24,26). The van der Waals surface area contributed by atoms with E-state index in [1.54, 1.807) is 12.3 Å². The number of morpholine rings is 1. The number of nitrogens with zero attached hydrogens (tertiary/aromatic N) is 3. The highest BCUT2D eigenvalue weighted by molar-refractivity contribution is 7.92. The van der Waals surface area contributed by atoms with Crippen molar-refractivity contribution in [1.29, 1.82) is 0 Å². The predicted octanol–water partition coefficient (Wildman–Crippen LogP) is 4.06. The van der Waals surface area contributed by atoms with E-state index in [0.29, 0.717) is 49.6 Å². The number of sulfonamides is 1. The van der Waals surface area contributed by atoms with Gasteiger partial charge < -0.3 is 15.5 Å². The molecular formula is C20H22Cl2N6O4S2. The van der Waals surface area contributed by atoms with Crippen LogP contribution in [-0.2, 0) is 14.8 Å². The summed E-state index contributed by atoms with van der Waals surface area (Å²) in [6, 6.07) is 2.91. The van der Waals surface area contributed by atoms with Gasteiger partial charge in [0, 0.05) is 18.5 Å². The van der Waals surface area contributed by atoms with Crippen LogP contribution in [-0.4, -0.2) is 61.4 Å². The van der Waals surface area contributed by atoms with E-state index in [9.17, 15) is 13.2 Å². The highest BCUT2D eigenvalue weighted by Crippen LogP contribution is 2.38. The number of halogens is 2. The van der Waals surface area contributed by atoms with Crippen LogP contribution in [0.2, 0.25) is 10.0 Å². The molecule has 3 heterocycles. The first-order valence-corrected chi connectivity index (χ1v) is 13.7. The lowest BCUT2D eigenvalue weighted by Crippen LogP contribution is -2.40. The van der Waals surface area contributed by atoms with E-state index in [1.165, 1.54) is 29.8 Å². The van der Waals surface area contributed by atoms with Gasteiger partial charge in [-0.1, -0.05) is 30.1 Å². The number of nitrogens with one attached hydrogen (secondary N) is 3. The van der Waals surface area contributed by atoms with Crippen LogP contribution in [0.4, 0.5) is 17.2 Å². The molecule has 34 heavy (non-hydrogen) atoms. The SMILES string of the molecule is CCCS(=O)(=O)Nc1ccc(Cl)c(NC(=O)c2csc3c(NN4CCOCC4)ncnc23)c1Cl. The molecule has 182 valence electrons. The molecule has 1 amide bonds. The van der Waals surface area contributed by atoms with E-state index >= 15 is 0 Å². The number of fused-ring (bicyclic) bond motifs is 1. The lowest BCUT2D eigenvalue weighted by molar-refractivity contribution is 0.0495. The zero-order valence-electron chi connectivity index (χ0n) is 18.1. The maximum atomic E-state index is 13.1. The fraction of sp³-hybridized carbons (Fsp3) is 0.350. The average molecular weight is 545 g/mol. The summed E-state index contributed by atoms with van der Waals surface area (Å²) in [4.78, 5) is 21.7. The van der Waals surface area contributed by atoms with Gasteiger partial charge in [0.25, 0.3) is 5.91 Å². The summed E-state index contributed by atoms with van der Waals surface area (Å²) < 4.78 is 32.8. The molecule has 1 aliphatic rings. The van der Waals surface area contributed by atoms with Crippen LogP contribution in [0.3, 0.4) is 0 Å². The molecule has 1 fully saturated rings. The molecule has 0 radical (unpaired) electrons. The Labute approximate surface area is 210 Å². The molecule has 0 aliphatic carbocycles. The third kappa shape index (κ3) is 5.53. The quantitative estimate of drug-likeness (QED) is 0.387. The predicted molar refractivity (Wildman–Crippen MR) is 136 cm³/mol. The first-order valence-electron chi connectivity index (χ1n) is 10.4.